The second-order valence-electron chi connectivity index (χ2n) is 3.50. The molecule has 0 aromatic rings. The molecule has 1 rings (SSSR count). The van der Waals surface area contributed by atoms with Crippen LogP contribution >= 0.6 is 0 Å². The Bertz CT molecular complexity index is 140. The number of ether oxygens (including phenoxy) is 1. The van der Waals surface area contributed by atoms with Gasteiger partial charge in [0.15, 0.2) is 0 Å². The molecule has 0 aromatic heterocycles. The fourth-order valence-corrected chi connectivity index (χ4v) is 1.40. The van der Waals surface area contributed by atoms with Crippen LogP contribution < -0.4 is 5.32 Å². The lowest BCUT2D eigenvalue weighted by atomic mass is 10.3. The number of hydrogen-bond donors (Lipinski definition) is 3. The van der Waals surface area contributed by atoms with Gasteiger partial charge >= 0.3 is 0 Å². The summed E-state index contributed by atoms with van der Waals surface area (Å²) in [6.07, 6.45) is -0.738. The Morgan fingerprint density at radius 3 is 2.71 bits per heavy atom. The molecule has 3 N–H and O–H groups in total. The zero-order valence-corrected chi connectivity index (χ0v) is 8.48. The molecule has 1 fully saturated rings. The highest BCUT2D eigenvalue weighted by Crippen LogP contribution is 1.92. The van der Waals surface area contributed by atoms with Crippen LogP contribution in [-0.4, -0.2) is 73.8 Å². The van der Waals surface area contributed by atoms with Crippen LogP contribution in [0.1, 0.15) is 0 Å². The van der Waals surface area contributed by atoms with E-state index in [1.54, 1.807) is 0 Å². The second kappa shape index (κ2) is 7.14. The third-order valence-electron chi connectivity index (χ3n) is 2.28. The maximum atomic E-state index is 9.00. The highest BCUT2D eigenvalue weighted by molar-refractivity contribution is 4.66. The summed E-state index contributed by atoms with van der Waals surface area (Å²) in [6, 6.07) is 0. The van der Waals surface area contributed by atoms with Crippen molar-refractivity contribution in [3.8, 4) is 0 Å². The molecule has 0 amide bonds. The van der Waals surface area contributed by atoms with Crippen LogP contribution in [0.4, 0.5) is 0 Å². The van der Waals surface area contributed by atoms with Gasteiger partial charge in [-0.15, -0.1) is 0 Å². The predicted molar refractivity (Wildman–Crippen MR) is 53.2 cm³/mol. The summed E-state index contributed by atoms with van der Waals surface area (Å²) in [6.45, 7) is 5.73. The van der Waals surface area contributed by atoms with Crippen molar-refractivity contribution in [2.24, 2.45) is 0 Å². The first kappa shape index (κ1) is 11.9. The number of nitrogens with zero attached hydrogens (tertiary/aromatic N) is 1. The average molecular weight is 204 g/mol. The monoisotopic (exact) mass is 204 g/mol. The van der Waals surface area contributed by atoms with Crippen LogP contribution in [0.5, 0.6) is 0 Å². The Balaban J connectivity index is 1.92. The molecule has 0 bridgehead atoms. The van der Waals surface area contributed by atoms with Crippen LogP contribution in [0.3, 0.4) is 0 Å². The Hall–Kier alpha value is -0.200. The number of aliphatic hydroxyl groups is 2. The molecule has 1 unspecified atom stereocenters. The van der Waals surface area contributed by atoms with Gasteiger partial charge < -0.3 is 20.3 Å². The van der Waals surface area contributed by atoms with Crippen LogP contribution in [0.15, 0.2) is 0 Å². The van der Waals surface area contributed by atoms with E-state index in [9.17, 15) is 0 Å². The normalized spacial score (nSPS) is 21.0. The quantitative estimate of drug-likeness (QED) is 0.448. The Labute approximate surface area is 84.7 Å². The minimum absolute atomic E-state index is 0.225. The number of rotatable bonds is 6. The van der Waals surface area contributed by atoms with E-state index in [2.05, 4.69) is 10.2 Å². The van der Waals surface area contributed by atoms with Gasteiger partial charge in [-0.05, 0) is 0 Å². The minimum Gasteiger partial charge on any atom is -0.394 e. The van der Waals surface area contributed by atoms with Crippen LogP contribution in [0.25, 0.3) is 0 Å². The van der Waals surface area contributed by atoms with Gasteiger partial charge in [0, 0.05) is 32.7 Å². The molecule has 0 spiro atoms. The van der Waals surface area contributed by atoms with Crippen molar-refractivity contribution < 1.29 is 14.9 Å². The van der Waals surface area contributed by atoms with Gasteiger partial charge in [-0.2, -0.15) is 0 Å². The summed E-state index contributed by atoms with van der Waals surface area (Å²) < 4.78 is 5.22. The van der Waals surface area contributed by atoms with E-state index < -0.39 is 6.10 Å². The molecule has 14 heavy (non-hydrogen) atoms. The summed E-state index contributed by atoms with van der Waals surface area (Å²) in [5, 5.41) is 20.8. The predicted octanol–water partition coefficient (Wildman–Crippen LogP) is -1.74. The van der Waals surface area contributed by atoms with Gasteiger partial charge in [0.25, 0.3) is 0 Å². The molecule has 1 heterocycles. The molecule has 1 saturated heterocycles. The van der Waals surface area contributed by atoms with Crippen molar-refractivity contribution in [3.63, 3.8) is 0 Å². The Morgan fingerprint density at radius 1 is 1.36 bits per heavy atom. The fourth-order valence-electron chi connectivity index (χ4n) is 1.40. The topological polar surface area (TPSA) is 65.0 Å². The Morgan fingerprint density at radius 2 is 2.07 bits per heavy atom. The van der Waals surface area contributed by atoms with Crippen LogP contribution in [-0.2, 0) is 4.74 Å². The molecule has 1 aliphatic heterocycles. The molecule has 0 radical (unpaired) electrons. The molecular formula is C9H20N2O3. The second-order valence-corrected chi connectivity index (χ2v) is 3.50. The molecule has 84 valence electrons. The van der Waals surface area contributed by atoms with E-state index in [4.69, 9.17) is 14.9 Å². The molecule has 1 atom stereocenters. The smallest absolute Gasteiger partial charge is 0.100 e. The van der Waals surface area contributed by atoms with Gasteiger partial charge in [-0.3, -0.25) is 4.90 Å². The minimum atomic E-state index is -0.738. The standard InChI is InChI=1S/C9H20N2O3/c12-7-9(13)8-14-6-5-11-3-1-10-2-4-11/h9-10,12-13H,1-8H2. The lowest BCUT2D eigenvalue weighted by Crippen LogP contribution is -2.44. The molecule has 0 aliphatic carbocycles. The number of hydrogen-bond acceptors (Lipinski definition) is 5. The third-order valence-corrected chi connectivity index (χ3v) is 2.28. The van der Waals surface area contributed by atoms with Crippen molar-refractivity contribution in [1.29, 1.82) is 0 Å². The summed E-state index contributed by atoms with van der Waals surface area (Å²) in [7, 11) is 0. The van der Waals surface area contributed by atoms with Crippen molar-refractivity contribution in [2.75, 3.05) is 52.5 Å². The van der Waals surface area contributed by atoms with E-state index >= 15 is 0 Å². The molecular weight excluding hydrogens is 184 g/mol. The molecule has 1 aliphatic rings. The number of piperazine rings is 1. The van der Waals surface area contributed by atoms with Gasteiger partial charge in [0.2, 0.25) is 0 Å². The van der Waals surface area contributed by atoms with Gasteiger partial charge in [-0.25, -0.2) is 0 Å². The van der Waals surface area contributed by atoms with Crippen LogP contribution in [0, 0.1) is 0 Å². The maximum Gasteiger partial charge on any atom is 0.100 e. The van der Waals surface area contributed by atoms with E-state index in [1.165, 1.54) is 0 Å². The van der Waals surface area contributed by atoms with E-state index in [0.717, 1.165) is 32.7 Å². The van der Waals surface area contributed by atoms with Gasteiger partial charge in [0.1, 0.15) is 6.10 Å². The summed E-state index contributed by atoms with van der Waals surface area (Å²) in [5.74, 6) is 0. The lowest BCUT2D eigenvalue weighted by molar-refractivity contribution is -0.000218. The van der Waals surface area contributed by atoms with Crippen molar-refractivity contribution in [1.82, 2.24) is 10.2 Å². The first-order chi connectivity index (χ1) is 6.83. The van der Waals surface area contributed by atoms with Crippen molar-refractivity contribution in [3.05, 3.63) is 0 Å². The fraction of sp³-hybridized carbons (Fsp3) is 1.00. The average Bonchev–Trinajstić information content (AvgIpc) is 2.25. The summed E-state index contributed by atoms with van der Waals surface area (Å²) in [5.41, 5.74) is 0. The molecule has 5 nitrogen and oxygen atoms in total. The summed E-state index contributed by atoms with van der Waals surface area (Å²) >= 11 is 0. The Kier molecular flexibility index (Phi) is 6.05. The first-order valence-electron chi connectivity index (χ1n) is 5.12. The van der Waals surface area contributed by atoms with E-state index in [0.29, 0.717) is 6.61 Å². The molecule has 0 saturated carbocycles. The van der Waals surface area contributed by atoms with Gasteiger partial charge in [0.05, 0.1) is 19.8 Å². The molecule has 5 heteroatoms. The number of nitrogens with one attached hydrogen (secondary N) is 1. The van der Waals surface area contributed by atoms with Crippen LogP contribution in [0.2, 0.25) is 0 Å². The first-order valence-corrected chi connectivity index (χ1v) is 5.12. The highest BCUT2D eigenvalue weighted by atomic mass is 16.5. The highest BCUT2D eigenvalue weighted by Gasteiger charge is 2.08. The van der Waals surface area contributed by atoms with Crippen molar-refractivity contribution >= 4 is 0 Å². The zero-order valence-electron chi connectivity index (χ0n) is 8.48. The lowest BCUT2D eigenvalue weighted by Gasteiger charge is -2.26. The molecule has 0 aromatic carbocycles. The SMILES string of the molecule is OCC(O)COCCN1CCNCC1. The summed E-state index contributed by atoms with van der Waals surface area (Å²) in [4.78, 5) is 2.32. The zero-order chi connectivity index (χ0) is 10.2. The largest absolute Gasteiger partial charge is 0.394 e. The van der Waals surface area contributed by atoms with E-state index in [-0.39, 0.29) is 13.2 Å². The van der Waals surface area contributed by atoms with E-state index in [1.807, 2.05) is 0 Å². The van der Waals surface area contributed by atoms with Crippen molar-refractivity contribution in [2.45, 2.75) is 6.10 Å². The third kappa shape index (κ3) is 4.88. The maximum absolute atomic E-state index is 9.00. The van der Waals surface area contributed by atoms with Gasteiger partial charge in [-0.1, -0.05) is 0 Å². The number of aliphatic hydroxyl groups excluding tert-OH is 2.